The molecular formula is C10H7F5N2O4. The van der Waals surface area contributed by atoms with E-state index in [0.29, 0.717) is 0 Å². The third-order valence-electron chi connectivity index (χ3n) is 2.61. The van der Waals surface area contributed by atoms with Gasteiger partial charge in [-0.2, -0.15) is 13.2 Å². The second kappa shape index (κ2) is 5.14. The van der Waals surface area contributed by atoms with E-state index in [4.69, 9.17) is 5.11 Å². The quantitative estimate of drug-likeness (QED) is 0.506. The first-order valence-corrected chi connectivity index (χ1v) is 5.12. The van der Waals surface area contributed by atoms with Crippen molar-refractivity contribution in [1.82, 2.24) is 0 Å². The lowest BCUT2D eigenvalue weighted by Crippen LogP contribution is -2.55. The zero-order chi connectivity index (χ0) is 16.6. The van der Waals surface area contributed by atoms with E-state index in [9.17, 15) is 36.9 Å². The third kappa shape index (κ3) is 3.01. The van der Waals surface area contributed by atoms with Gasteiger partial charge in [-0.15, -0.1) is 0 Å². The summed E-state index contributed by atoms with van der Waals surface area (Å²) < 4.78 is 65.1. The predicted molar refractivity (Wildman–Crippen MR) is 58.7 cm³/mol. The van der Waals surface area contributed by atoms with E-state index in [1.807, 2.05) is 0 Å². The molecule has 0 fully saturated rings. The molecule has 1 aromatic rings. The van der Waals surface area contributed by atoms with Crippen molar-refractivity contribution in [3.8, 4) is 0 Å². The van der Waals surface area contributed by atoms with Gasteiger partial charge in [0.1, 0.15) is 5.69 Å². The van der Waals surface area contributed by atoms with Crippen LogP contribution < -0.4 is 5.32 Å². The number of halogens is 5. The van der Waals surface area contributed by atoms with Gasteiger partial charge in [0.05, 0.1) is 17.1 Å². The Morgan fingerprint density at radius 3 is 2.00 bits per heavy atom. The molecular weight excluding hydrogens is 307 g/mol. The van der Waals surface area contributed by atoms with Gasteiger partial charge in [0.25, 0.3) is 5.69 Å². The summed E-state index contributed by atoms with van der Waals surface area (Å²) in [6.45, 7) is 0.162. The summed E-state index contributed by atoms with van der Waals surface area (Å²) in [5, 5.41) is 20.2. The van der Waals surface area contributed by atoms with Crippen LogP contribution in [0.1, 0.15) is 6.92 Å². The number of rotatable bonds is 4. The van der Waals surface area contributed by atoms with Crippen LogP contribution in [0.15, 0.2) is 12.1 Å². The number of hydrogen-bond donors (Lipinski definition) is 2. The van der Waals surface area contributed by atoms with E-state index < -0.39 is 45.6 Å². The van der Waals surface area contributed by atoms with Crippen molar-refractivity contribution in [3.63, 3.8) is 0 Å². The average molecular weight is 314 g/mol. The Hall–Kier alpha value is -2.46. The number of aliphatic carboxylic acids is 1. The van der Waals surface area contributed by atoms with Crippen molar-refractivity contribution < 1.29 is 36.8 Å². The number of hydrogen-bond acceptors (Lipinski definition) is 4. The summed E-state index contributed by atoms with van der Waals surface area (Å²) >= 11 is 0. The monoisotopic (exact) mass is 314 g/mol. The summed E-state index contributed by atoms with van der Waals surface area (Å²) in [4.78, 5) is 19.9. The van der Waals surface area contributed by atoms with Gasteiger partial charge < -0.3 is 10.4 Å². The molecule has 0 aliphatic heterocycles. The molecule has 1 unspecified atom stereocenters. The number of carboxylic acids is 1. The van der Waals surface area contributed by atoms with Gasteiger partial charge in [0.2, 0.25) is 5.54 Å². The van der Waals surface area contributed by atoms with Crippen molar-refractivity contribution in [2.24, 2.45) is 0 Å². The maximum absolute atomic E-state index is 13.5. The minimum atomic E-state index is -5.38. The van der Waals surface area contributed by atoms with Crippen LogP contribution in [0, 0.1) is 21.7 Å². The smallest absolute Gasteiger partial charge is 0.422 e. The lowest BCUT2D eigenvalue weighted by atomic mass is 10.0. The van der Waals surface area contributed by atoms with Gasteiger partial charge in [-0.1, -0.05) is 0 Å². The van der Waals surface area contributed by atoms with E-state index >= 15 is 0 Å². The molecule has 0 aliphatic carbocycles. The van der Waals surface area contributed by atoms with Gasteiger partial charge in [-0.05, 0) is 6.92 Å². The summed E-state index contributed by atoms with van der Waals surface area (Å²) in [5.41, 5.74) is -6.13. The molecule has 0 radical (unpaired) electrons. The molecule has 0 saturated carbocycles. The van der Waals surface area contributed by atoms with Gasteiger partial charge in [0, 0.05) is 0 Å². The molecule has 1 rings (SSSR count). The molecule has 2 N–H and O–H groups in total. The molecule has 6 nitrogen and oxygen atoms in total. The maximum Gasteiger partial charge on any atom is 0.422 e. The van der Waals surface area contributed by atoms with Gasteiger partial charge >= 0.3 is 12.1 Å². The third-order valence-corrected chi connectivity index (χ3v) is 2.61. The maximum atomic E-state index is 13.5. The minimum absolute atomic E-state index is 0.162. The topological polar surface area (TPSA) is 92.5 Å². The Morgan fingerprint density at radius 2 is 1.71 bits per heavy atom. The number of non-ortho nitro benzene ring substituents is 1. The Bertz CT molecular complexity index is 581. The first-order valence-electron chi connectivity index (χ1n) is 5.12. The van der Waals surface area contributed by atoms with Crippen molar-refractivity contribution >= 4 is 17.3 Å². The summed E-state index contributed by atoms with van der Waals surface area (Å²) in [5.74, 6) is -5.87. The van der Waals surface area contributed by atoms with Crippen LogP contribution >= 0.6 is 0 Å². The Labute approximate surface area is 113 Å². The van der Waals surface area contributed by atoms with Gasteiger partial charge in [-0.3, -0.25) is 10.1 Å². The Balaban J connectivity index is 3.36. The molecule has 0 amide bonds. The highest BCUT2D eigenvalue weighted by Crippen LogP contribution is 2.36. The molecule has 116 valence electrons. The van der Waals surface area contributed by atoms with E-state index in [0.717, 1.165) is 0 Å². The van der Waals surface area contributed by atoms with Gasteiger partial charge in [-0.25, -0.2) is 13.6 Å². The zero-order valence-corrected chi connectivity index (χ0v) is 10.2. The number of alkyl halides is 3. The van der Waals surface area contributed by atoms with Crippen LogP contribution in [0.4, 0.5) is 33.3 Å². The number of carboxylic acid groups (broad SMARTS) is 1. The van der Waals surface area contributed by atoms with Crippen LogP contribution in [0.5, 0.6) is 0 Å². The largest absolute Gasteiger partial charge is 0.479 e. The van der Waals surface area contributed by atoms with Crippen LogP contribution in [-0.2, 0) is 4.79 Å². The number of benzene rings is 1. The molecule has 0 aromatic heterocycles. The standard InChI is InChI=1S/C10H7F5N2O4/c1-9(8(18)19,10(13,14)15)16-7-5(11)2-4(17(20)21)3-6(7)12/h2-3,16H,1H3,(H,18,19). The second-order valence-corrected chi connectivity index (χ2v) is 4.09. The van der Waals surface area contributed by atoms with Crippen LogP contribution in [-0.4, -0.2) is 27.7 Å². The number of carbonyl (C=O) groups is 1. The number of anilines is 1. The lowest BCUT2D eigenvalue weighted by Gasteiger charge is -2.29. The van der Waals surface area contributed by atoms with E-state index in [1.54, 1.807) is 0 Å². The average Bonchev–Trinajstić information content (AvgIpc) is 2.31. The Morgan fingerprint density at radius 1 is 1.29 bits per heavy atom. The predicted octanol–water partition coefficient (Wildman–Crippen LogP) is 2.69. The van der Waals surface area contributed by atoms with Crippen molar-refractivity contribution in [1.29, 1.82) is 0 Å². The molecule has 0 saturated heterocycles. The highest BCUT2D eigenvalue weighted by atomic mass is 19.4. The fourth-order valence-electron chi connectivity index (χ4n) is 1.28. The number of nitrogens with zero attached hydrogens (tertiary/aromatic N) is 1. The first-order chi connectivity index (χ1) is 9.40. The van der Waals surface area contributed by atoms with Crippen LogP contribution in [0.3, 0.4) is 0 Å². The highest BCUT2D eigenvalue weighted by molar-refractivity contribution is 5.83. The van der Waals surface area contributed by atoms with Crippen molar-refractivity contribution in [2.75, 3.05) is 5.32 Å². The molecule has 0 aliphatic rings. The molecule has 21 heavy (non-hydrogen) atoms. The molecule has 0 heterocycles. The summed E-state index contributed by atoms with van der Waals surface area (Å²) in [6, 6.07) is 0.341. The van der Waals surface area contributed by atoms with Crippen molar-refractivity contribution in [2.45, 2.75) is 18.6 Å². The van der Waals surface area contributed by atoms with Crippen LogP contribution in [0.2, 0.25) is 0 Å². The highest BCUT2D eigenvalue weighted by Gasteiger charge is 2.58. The van der Waals surface area contributed by atoms with E-state index in [2.05, 4.69) is 0 Å². The molecule has 11 heteroatoms. The molecule has 1 aromatic carbocycles. The number of nitrogens with one attached hydrogen (secondary N) is 1. The summed E-state index contributed by atoms with van der Waals surface area (Å²) in [6.07, 6.45) is -5.38. The second-order valence-electron chi connectivity index (χ2n) is 4.09. The van der Waals surface area contributed by atoms with Crippen LogP contribution in [0.25, 0.3) is 0 Å². The lowest BCUT2D eigenvalue weighted by molar-refractivity contribution is -0.385. The molecule has 1 atom stereocenters. The fraction of sp³-hybridized carbons (Fsp3) is 0.300. The molecule has 0 bridgehead atoms. The fourth-order valence-corrected chi connectivity index (χ4v) is 1.28. The first kappa shape index (κ1) is 16.6. The van der Waals surface area contributed by atoms with Crippen molar-refractivity contribution in [3.05, 3.63) is 33.9 Å². The minimum Gasteiger partial charge on any atom is -0.479 e. The normalized spacial score (nSPS) is 14.4. The van der Waals surface area contributed by atoms with Gasteiger partial charge in [0.15, 0.2) is 11.6 Å². The van der Waals surface area contributed by atoms with E-state index in [-0.39, 0.29) is 19.1 Å². The number of nitro groups is 1. The Kier molecular flexibility index (Phi) is 4.07. The van der Waals surface area contributed by atoms with E-state index in [1.165, 1.54) is 5.32 Å². The zero-order valence-electron chi connectivity index (χ0n) is 10.2. The number of nitro benzene ring substituents is 1. The molecule has 0 spiro atoms. The SMILES string of the molecule is CC(Nc1c(F)cc([N+](=O)[O-])cc1F)(C(=O)O)C(F)(F)F. The summed E-state index contributed by atoms with van der Waals surface area (Å²) in [7, 11) is 0.